The maximum atomic E-state index is 12.7. The second-order valence-electron chi connectivity index (χ2n) is 7.05. The van der Waals surface area contributed by atoms with E-state index < -0.39 is 11.2 Å². The fourth-order valence-corrected chi connectivity index (χ4v) is 3.77. The Kier molecular flexibility index (Phi) is 3.41. The van der Waals surface area contributed by atoms with Crippen molar-refractivity contribution in [2.75, 3.05) is 0 Å². The lowest BCUT2D eigenvalue weighted by Gasteiger charge is -2.33. The molecule has 0 spiro atoms. The molecule has 1 aliphatic carbocycles. The smallest absolute Gasteiger partial charge is 0.196 e. The average molecular weight is 326 g/mol. The topological polar surface area (TPSA) is 77.8 Å². The van der Waals surface area contributed by atoms with Crippen LogP contribution in [0.1, 0.15) is 54.7 Å². The molecule has 0 fully saturated rings. The van der Waals surface area contributed by atoms with Crippen molar-refractivity contribution >= 4 is 16.6 Å². The fraction of sp³-hybridized carbons (Fsp3) is 0.350. The highest BCUT2D eigenvalue weighted by atomic mass is 16.3. The lowest BCUT2D eigenvalue weighted by molar-refractivity contribution is 0.101. The van der Waals surface area contributed by atoms with Gasteiger partial charge in [-0.25, -0.2) is 0 Å². The molecule has 126 valence electrons. The third-order valence-electron chi connectivity index (χ3n) is 5.24. The largest absolute Gasteiger partial charge is 0.511 e. The van der Waals surface area contributed by atoms with E-state index in [0.717, 1.165) is 11.1 Å². The summed E-state index contributed by atoms with van der Waals surface area (Å²) < 4.78 is 0. The van der Waals surface area contributed by atoms with Gasteiger partial charge in [0.1, 0.15) is 17.3 Å². The molecule has 3 rings (SSSR count). The summed E-state index contributed by atoms with van der Waals surface area (Å²) in [4.78, 5) is 12.7. The van der Waals surface area contributed by atoms with Crippen molar-refractivity contribution in [2.24, 2.45) is 0 Å². The van der Waals surface area contributed by atoms with Gasteiger partial charge < -0.3 is 15.3 Å². The average Bonchev–Trinajstić information content (AvgIpc) is 2.51. The van der Waals surface area contributed by atoms with Gasteiger partial charge >= 0.3 is 0 Å². The molecule has 24 heavy (non-hydrogen) atoms. The highest BCUT2D eigenvalue weighted by Gasteiger charge is 2.40. The first-order chi connectivity index (χ1) is 11.1. The molecule has 3 N–H and O–H groups in total. The molecule has 2 aromatic rings. The summed E-state index contributed by atoms with van der Waals surface area (Å²) in [5.74, 6) is -0.571. The maximum Gasteiger partial charge on any atom is 0.196 e. The van der Waals surface area contributed by atoms with Gasteiger partial charge in [0.25, 0.3) is 0 Å². The molecule has 0 amide bonds. The molecule has 0 saturated carbocycles. The zero-order valence-corrected chi connectivity index (χ0v) is 14.6. The third-order valence-corrected chi connectivity index (χ3v) is 5.24. The first-order valence-corrected chi connectivity index (χ1v) is 8.09. The van der Waals surface area contributed by atoms with E-state index >= 15 is 0 Å². The molecular formula is C20H22O4. The molecule has 0 bridgehead atoms. The number of phenolic OH excluding ortho intramolecular Hbond substituents is 2. The van der Waals surface area contributed by atoms with Gasteiger partial charge in [0.15, 0.2) is 5.78 Å². The molecular weight excluding hydrogens is 304 g/mol. The minimum absolute atomic E-state index is 0.0184. The number of phenols is 2. The number of aromatic hydroxyl groups is 2. The lowest BCUT2D eigenvalue weighted by atomic mass is 9.71. The van der Waals surface area contributed by atoms with E-state index in [1.807, 2.05) is 33.8 Å². The predicted octanol–water partition coefficient (Wildman–Crippen LogP) is 4.43. The summed E-state index contributed by atoms with van der Waals surface area (Å²) >= 11 is 0. The standard InChI is InChI=1S/C20H22O4/c1-6-12-9(2)7-11-8-13-15(18(23)14(11)17(12)22)16(21)10(3)19(24)20(13,4)5/h7-8,22-24H,6H2,1-5H3. The number of aliphatic hydroxyl groups excluding tert-OH is 1. The van der Waals surface area contributed by atoms with Crippen LogP contribution in [-0.2, 0) is 11.8 Å². The van der Waals surface area contributed by atoms with Crippen LogP contribution in [0, 0.1) is 6.92 Å². The summed E-state index contributed by atoms with van der Waals surface area (Å²) in [5.41, 5.74) is 1.87. The third kappa shape index (κ3) is 1.89. The number of rotatable bonds is 1. The zero-order chi connectivity index (χ0) is 18.0. The minimum Gasteiger partial charge on any atom is -0.511 e. The number of allylic oxidation sites excluding steroid dienone is 2. The highest BCUT2D eigenvalue weighted by Crippen LogP contribution is 2.48. The quantitative estimate of drug-likeness (QED) is 0.724. The predicted molar refractivity (Wildman–Crippen MR) is 94.1 cm³/mol. The number of Topliss-reactive ketones (excluding diaryl/α,β-unsaturated/α-hetero) is 1. The Labute approximate surface area is 141 Å². The van der Waals surface area contributed by atoms with Crippen LogP contribution in [-0.4, -0.2) is 21.1 Å². The Hall–Kier alpha value is -2.49. The van der Waals surface area contributed by atoms with Gasteiger partial charge in [0.2, 0.25) is 0 Å². The summed E-state index contributed by atoms with van der Waals surface area (Å²) in [6.45, 7) is 9.03. The van der Waals surface area contributed by atoms with Crippen LogP contribution in [0.2, 0.25) is 0 Å². The van der Waals surface area contributed by atoms with Crippen molar-refractivity contribution in [3.63, 3.8) is 0 Å². The summed E-state index contributed by atoms with van der Waals surface area (Å²) in [7, 11) is 0. The molecule has 0 atom stereocenters. The molecule has 0 saturated heterocycles. The van der Waals surface area contributed by atoms with E-state index in [2.05, 4.69) is 0 Å². The molecule has 0 unspecified atom stereocenters. The van der Waals surface area contributed by atoms with Gasteiger partial charge in [-0.05, 0) is 62.3 Å². The first kappa shape index (κ1) is 16.4. The number of aryl methyl sites for hydroxylation is 1. The molecule has 0 aliphatic heterocycles. The van der Waals surface area contributed by atoms with E-state index in [4.69, 9.17) is 0 Å². The fourth-order valence-electron chi connectivity index (χ4n) is 3.77. The van der Waals surface area contributed by atoms with E-state index in [1.54, 1.807) is 13.0 Å². The summed E-state index contributed by atoms with van der Waals surface area (Å²) in [6.07, 6.45) is 0.628. The van der Waals surface area contributed by atoms with E-state index in [9.17, 15) is 20.1 Å². The number of hydrogen-bond acceptors (Lipinski definition) is 4. The first-order valence-electron chi connectivity index (χ1n) is 8.09. The highest BCUT2D eigenvalue weighted by molar-refractivity contribution is 6.17. The number of ketones is 1. The van der Waals surface area contributed by atoms with Gasteiger partial charge in [-0.3, -0.25) is 4.79 Å². The van der Waals surface area contributed by atoms with Crippen LogP contribution in [0.5, 0.6) is 11.5 Å². The van der Waals surface area contributed by atoms with Crippen LogP contribution in [0.4, 0.5) is 0 Å². The molecule has 0 aromatic heterocycles. The van der Waals surface area contributed by atoms with Crippen molar-refractivity contribution in [1.29, 1.82) is 0 Å². The zero-order valence-electron chi connectivity index (χ0n) is 14.6. The van der Waals surface area contributed by atoms with Crippen LogP contribution < -0.4 is 0 Å². The molecule has 0 heterocycles. The number of fused-ring (bicyclic) bond motifs is 2. The molecule has 4 nitrogen and oxygen atoms in total. The normalized spacial score (nSPS) is 16.6. The molecule has 2 aromatic carbocycles. The monoisotopic (exact) mass is 326 g/mol. The number of carbonyl (C=O) groups excluding carboxylic acids is 1. The van der Waals surface area contributed by atoms with E-state index in [-0.39, 0.29) is 28.4 Å². The summed E-state index contributed by atoms with van der Waals surface area (Å²) in [5, 5.41) is 32.8. The van der Waals surface area contributed by atoms with Crippen LogP contribution in [0.15, 0.2) is 23.5 Å². The number of carbonyl (C=O) groups is 1. The maximum absolute atomic E-state index is 12.7. The Bertz CT molecular complexity index is 933. The van der Waals surface area contributed by atoms with Crippen molar-refractivity contribution < 1.29 is 20.1 Å². The summed E-state index contributed by atoms with van der Waals surface area (Å²) in [6, 6.07) is 3.69. The Morgan fingerprint density at radius 1 is 1.04 bits per heavy atom. The van der Waals surface area contributed by atoms with E-state index in [1.165, 1.54) is 0 Å². The SMILES string of the molecule is CCc1c(C)cc2cc3c(c(O)c2c1O)C(=O)C(C)=C(O)C3(C)C. The number of aliphatic hydroxyl groups is 1. The van der Waals surface area contributed by atoms with Crippen molar-refractivity contribution in [1.82, 2.24) is 0 Å². The Morgan fingerprint density at radius 3 is 2.25 bits per heavy atom. The van der Waals surface area contributed by atoms with E-state index in [0.29, 0.717) is 22.8 Å². The molecule has 1 aliphatic rings. The number of benzene rings is 2. The van der Waals surface area contributed by atoms with Crippen molar-refractivity contribution in [3.05, 3.63) is 45.7 Å². The van der Waals surface area contributed by atoms with Crippen molar-refractivity contribution in [3.8, 4) is 11.5 Å². The van der Waals surface area contributed by atoms with Crippen LogP contribution in [0.25, 0.3) is 10.8 Å². The van der Waals surface area contributed by atoms with Gasteiger partial charge in [-0.1, -0.05) is 13.0 Å². The molecule has 0 radical (unpaired) electrons. The second kappa shape index (κ2) is 5.00. The minimum atomic E-state index is -0.786. The second-order valence-corrected chi connectivity index (χ2v) is 7.05. The van der Waals surface area contributed by atoms with Crippen molar-refractivity contribution in [2.45, 2.75) is 46.5 Å². The van der Waals surface area contributed by atoms with Crippen LogP contribution >= 0.6 is 0 Å². The van der Waals surface area contributed by atoms with Gasteiger partial charge in [0.05, 0.1) is 10.9 Å². The number of hydrogen-bond donors (Lipinski definition) is 3. The van der Waals surface area contributed by atoms with Gasteiger partial charge in [0, 0.05) is 11.0 Å². The lowest BCUT2D eigenvalue weighted by Crippen LogP contribution is -2.30. The Morgan fingerprint density at radius 2 is 1.67 bits per heavy atom. The van der Waals surface area contributed by atoms with Gasteiger partial charge in [-0.2, -0.15) is 0 Å². The van der Waals surface area contributed by atoms with Gasteiger partial charge in [-0.15, -0.1) is 0 Å². The van der Waals surface area contributed by atoms with Crippen LogP contribution in [0.3, 0.4) is 0 Å². The Balaban J connectivity index is 2.52. The molecule has 4 heteroatoms.